The maximum absolute atomic E-state index is 12.7. The first-order chi connectivity index (χ1) is 12.0. The molecule has 0 N–H and O–H groups in total. The molecule has 1 aliphatic carbocycles. The second kappa shape index (κ2) is 7.46. The molecule has 0 spiro atoms. The van der Waals surface area contributed by atoms with Gasteiger partial charge >= 0.3 is 6.09 Å². The molecule has 1 saturated heterocycles. The molecule has 1 aromatic rings. The minimum Gasteiger partial charge on any atom is -0.443 e. The van der Waals surface area contributed by atoms with Crippen LogP contribution in [0.15, 0.2) is 30.3 Å². The van der Waals surface area contributed by atoms with E-state index in [1.54, 1.807) is 18.9 Å². The molecule has 5 nitrogen and oxygen atoms in total. The molecule has 1 saturated carbocycles. The normalized spacial score (nSPS) is 21.3. The molecule has 0 aromatic heterocycles. The van der Waals surface area contributed by atoms with Gasteiger partial charge in [-0.25, -0.2) is 14.8 Å². The Hall–Kier alpha value is -2.04. The van der Waals surface area contributed by atoms with Gasteiger partial charge in [-0.3, -0.25) is 4.79 Å². The van der Waals surface area contributed by atoms with E-state index in [1.807, 2.05) is 30.3 Å². The first-order valence-electron chi connectivity index (χ1n) is 9.36. The minimum atomic E-state index is -0.823. The van der Waals surface area contributed by atoms with Crippen LogP contribution in [-0.2, 0) is 16.1 Å². The number of carbonyl (C=O) groups is 2. The van der Waals surface area contributed by atoms with Crippen LogP contribution in [0, 0.1) is 0 Å². The summed E-state index contributed by atoms with van der Waals surface area (Å²) >= 11 is 0. The Kier molecular flexibility index (Phi) is 5.30. The number of nitrogens with zero attached hydrogens (tertiary/aromatic N) is 2. The van der Waals surface area contributed by atoms with Crippen LogP contribution in [0.5, 0.6) is 0 Å². The zero-order chi connectivity index (χ0) is 17.9. The van der Waals surface area contributed by atoms with Crippen molar-refractivity contribution in [3.8, 4) is 0 Å². The van der Waals surface area contributed by atoms with Crippen molar-refractivity contribution in [2.24, 2.45) is 0 Å². The van der Waals surface area contributed by atoms with E-state index in [9.17, 15) is 9.59 Å². The SMILES string of the molecule is CC1(C)C(=O)N(C2CCCCCCC2)N1C(=O)OCc1ccccc1. The average molecular weight is 344 g/mol. The predicted octanol–water partition coefficient (Wildman–Crippen LogP) is 4.27. The van der Waals surface area contributed by atoms with Crippen LogP contribution >= 0.6 is 0 Å². The molecule has 2 fully saturated rings. The average Bonchev–Trinajstić information content (AvgIpc) is 2.58. The molecule has 1 aromatic carbocycles. The number of rotatable bonds is 3. The number of hydrogen-bond acceptors (Lipinski definition) is 3. The molecule has 0 unspecified atom stereocenters. The summed E-state index contributed by atoms with van der Waals surface area (Å²) in [6.45, 7) is 3.80. The maximum Gasteiger partial charge on any atom is 0.430 e. The molecule has 2 aliphatic rings. The number of hydrogen-bond donors (Lipinski definition) is 0. The van der Waals surface area contributed by atoms with Crippen molar-refractivity contribution in [2.45, 2.75) is 77.0 Å². The van der Waals surface area contributed by atoms with Crippen molar-refractivity contribution >= 4 is 12.0 Å². The summed E-state index contributed by atoms with van der Waals surface area (Å²) in [7, 11) is 0. The fourth-order valence-electron chi connectivity index (χ4n) is 3.79. The van der Waals surface area contributed by atoms with Gasteiger partial charge in [0.25, 0.3) is 5.91 Å². The maximum atomic E-state index is 12.7. The number of hydrazine groups is 1. The Labute approximate surface area is 149 Å². The Morgan fingerprint density at radius 3 is 2.32 bits per heavy atom. The van der Waals surface area contributed by atoms with E-state index in [2.05, 4.69) is 0 Å². The second-order valence-corrected chi connectivity index (χ2v) is 7.56. The highest BCUT2D eigenvalue weighted by atomic mass is 16.6. The Bertz CT molecular complexity index is 607. The lowest BCUT2D eigenvalue weighted by Gasteiger charge is -2.57. The van der Waals surface area contributed by atoms with Gasteiger partial charge in [0, 0.05) is 0 Å². The number of benzene rings is 1. The Morgan fingerprint density at radius 2 is 1.68 bits per heavy atom. The predicted molar refractivity (Wildman–Crippen MR) is 95.5 cm³/mol. The summed E-state index contributed by atoms with van der Waals surface area (Å²) in [5, 5.41) is 3.20. The number of ether oxygens (including phenoxy) is 1. The lowest BCUT2D eigenvalue weighted by atomic mass is 9.91. The van der Waals surface area contributed by atoms with Crippen LogP contribution in [0.3, 0.4) is 0 Å². The highest BCUT2D eigenvalue weighted by Gasteiger charge is 2.58. The zero-order valence-electron chi connectivity index (χ0n) is 15.2. The number of carbonyl (C=O) groups excluding carboxylic acids is 2. The first kappa shape index (κ1) is 17.8. The van der Waals surface area contributed by atoms with Gasteiger partial charge in [0.15, 0.2) is 0 Å². The van der Waals surface area contributed by atoms with Crippen molar-refractivity contribution < 1.29 is 14.3 Å². The Balaban J connectivity index is 1.67. The molecule has 0 atom stereocenters. The van der Waals surface area contributed by atoms with E-state index in [4.69, 9.17) is 4.74 Å². The highest BCUT2D eigenvalue weighted by Crippen LogP contribution is 2.37. The summed E-state index contributed by atoms with van der Waals surface area (Å²) < 4.78 is 5.49. The van der Waals surface area contributed by atoms with Crippen molar-refractivity contribution in [1.29, 1.82) is 0 Å². The summed E-state index contributed by atoms with van der Waals surface area (Å²) in [5.41, 5.74) is 0.119. The molecule has 3 rings (SSSR count). The molecule has 5 heteroatoms. The fourth-order valence-corrected chi connectivity index (χ4v) is 3.79. The van der Waals surface area contributed by atoms with Crippen LogP contribution in [0.2, 0.25) is 0 Å². The standard InChI is InChI=1S/C20H28N2O3/c1-20(2)18(23)21(17-13-9-4-3-5-10-14-17)22(20)19(24)25-15-16-11-7-6-8-12-16/h6-8,11-12,17H,3-5,9-10,13-15H2,1-2H3. The van der Waals surface area contributed by atoms with Gasteiger partial charge in [-0.15, -0.1) is 0 Å². The largest absolute Gasteiger partial charge is 0.443 e. The van der Waals surface area contributed by atoms with Crippen LogP contribution in [0.4, 0.5) is 4.79 Å². The van der Waals surface area contributed by atoms with Crippen LogP contribution < -0.4 is 0 Å². The molecule has 25 heavy (non-hydrogen) atoms. The van der Waals surface area contributed by atoms with Gasteiger partial charge < -0.3 is 4.74 Å². The second-order valence-electron chi connectivity index (χ2n) is 7.56. The molecule has 1 aliphatic heterocycles. The van der Waals surface area contributed by atoms with Gasteiger partial charge in [0.1, 0.15) is 12.1 Å². The monoisotopic (exact) mass is 344 g/mol. The summed E-state index contributed by atoms with van der Waals surface area (Å²) in [6.07, 6.45) is 7.41. The topological polar surface area (TPSA) is 49.9 Å². The summed E-state index contributed by atoms with van der Waals surface area (Å²) in [5.74, 6) is 0.0229. The third-order valence-corrected chi connectivity index (χ3v) is 5.28. The zero-order valence-corrected chi connectivity index (χ0v) is 15.2. The first-order valence-corrected chi connectivity index (χ1v) is 9.36. The van der Waals surface area contributed by atoms with Crippen molar-refractivity contribution in [2.75, 3.05) is 0 Å². The molecular formula is C20H28N2O3. The van der Waals surface area contributed by atoms with Gasteiger partial charge in [-0.1, -0.05) is 62.4 Å². The molecule has 136 valence electrons. The van der Waals surface area contributed by atoms with Crippen molar-refractivity contribution in [3.05, 3.63) is 35.9 Å². The smallest absolute Gasteiger partial charge is 0.430 e. The van der Waals surface area contributed by atoms with E-state index in [1.165, 1.54) is 24.3 Å². The van der Waals surface area contributed by atoms with Crippen LogP contribution in [0.25, 0.3) is 0 Å². The fraction of sp³-hybridized carbons (Fsp3) is 0.600. The minimum absolute atomic E-state index is 0.0229. The van der Waals surface area contributed by atoms with Gasteiger partial charge in [0.05, 0.1) is 6.04 Å². The van der Waals surface area contributed by atoms with Crippen molar-refractivity contribution in [3.63, 3.8) is 0 Å². The number of amides is 2. The van der Waals surface area contributed by atoms with E-state index in [0.29, 0.717) is 0 Å². The quantitative estimate of drug-likeness (QED) is 0.822. The van der Waals surface area contributed by atoms with Gasteiger partial charge in [0.2, 0.25) is 0 Å². The van der Waals surface area contributed by atoms with Crippen LogP contribution in [-0.4, -0.2) is 33.6 Å². The van der Waals surface area contributed by atoms with Crippen molar-refractivity contribution in [1.82, 2.24) is 10.0 Å². The molecular weight excluding hydrogens is 316 g/mol. The van der Waals surface area contributed by atoms with E-state index in [-0.39, 0.29) is 18.6 Å². The van der Waals surface area contributed by atoms with Gasteiger partial charge in [-0.2, -0.15) is 0 Å². The van der Waals surface area contributed by atoms with E-state index < -0.39 is 11.6 Å². The van der Waals surface area contributed by atoms with Gasteiger partial charge in [-0.05, 0) is 32.3 Å². The molecule has 1 heterocycles. The molecule has 0 bridgehead atoms. The lowest BCUT2D eigenvalue weighted by Crippen LogP contribution is -2.78. The third-order valence-electron chi connectivity index (χ3n) is 5.28. The lowest BCUT2D eigenvalue weighted by molar-refractivity contribution is -0.214. The van der Waals surface area contributed by atoms with E-state index >= 15 is 0 Å². The third kappa shape index (κ3) is 3.65. The molecule has 2 amide bonds. The highest BCUT2D eigenvalue weighted by molar-refractivity contribution is 5.96. The summed E-state index contributed by atoms with van der Waals surface area (Å²) in [6, 6.07) is 9.73. The summed E-state index contributed by atoms with van der Waals surface area (Å²) in [4.78, 5) is 25.3. The Morgan fingerprint density at radius 1 is 1.08 bits per heavy atom. The van der Waals surface area contributed by atoms with E-state index in [0.717, 1.165) is 31.2 Å². The molecule has 0 radical (unpaired) electrons. The van der Waals surface area contributed by atoms with Crippen LogP contribution in [0.1, 0.15) is 64.4 Å².